The molecule has 0 unspecified atom stereocenters. The zero-order valence-corrected chi connectivity index (χ0v) is 15.3. The fraction of sp³-hybridized carbons (Fsp3) is 0.550. The van der Waals surface area contributed by atoms with Crippen LogP contribution in [0, 0.1) is 11.8 Å². The summed E-state index contributed by atoms with van der Waals surface area (Å²) in [6.45, 7) is 5.48. The van der Waals surface area contributed by atoms with Crippen LogP contribution in [0.3, 0.4) is 0 Å². The molecule has 0 saturated carbocycles. The van der Waals surface area contributed by atoms with Gasteiger partial charge in [0.25, 0.3) is 5.91 Å². The zero-order chi connectivity index (χ0) is 18.5. The molecule has 4 amide bonds. The number of imide groups is 1. The molecule has 138 valence electrons. The Morgan fingerprint density at radius 2 is 1.88 bits per heavy atom. The van der Waals surface area contributed by atoms with E-state index in [4.69, 9.17) is 0 Å². The number of aryl methyl sites for hydroxylation is 1. The Morgan fingerprint density at radius 3 is 2.62 bits per heavy atom. The van der Waals surface area contributed by atoms with E-state index in [0.717, 1.165) is 28.9 Å². The first kappa shape index (κ1) is 17.1. The topological polar surface area (TPSA) is 69.7 Å². The predicted molar refractivity (Wildman–Crippen MR) is 96.2 cm³/mol. The number of likely N-dealkylation sites (tertiary alicyclic amines) is 1. The number of rotatable bonds is 2. The molecule has 26 heavy (non-hydrogen) atoms. The van der Waals surface area contributed by atoms with E-state index >= 15 is 0 Å². The molecule has 3 atom stereocenters. The highest BCUT2D eigenvalue weighted by molar-refractivity contribution is 6.09. The van der Waals surface area contributed by atoms with Crippen LogP contribution in [0.5, 0.6) is 0 Å². The van der Waals surface area contributed by atoms with Gasteiger partial charge in [0.2, 0.25) is 5.91 Å². The van der Waals surface area contributed by atoms with Gasteiger partial charge in [-0.2, -0.15) is 0 Å². The quantitative estimate of drug-likeness (QED) is 0.824. The summed E-state index contributed by atoms with van der Waals surface area (Å²) in [5, 5.41) is 2.88. The van der Waals surface area contributed by atoms with Crippen molar-refractivity contribution in [3.05, 3.63) is 35.4 Å². The average molecular weight is 355 g/mol. The highest BCUT2D eigenvalue weighted by Gasteiger charge is 2.55. The molecular formula is C20H25N3O3. The van der Waals surface area contributed by atoms with Crippen LogP contribution in [0.25, 0.3) is 0 Å². The van der Waals surface area contributed by atoms with E-state index in [1.807, 2.05) is 24.3 Å². The number of hydrogen-bond acceptors (Lipinski definition) is 3. The minimum Gasteiger partial charge on any atom is -0.341 e. The number of benzene rings is 1. The first-order chi connectivity index (χ1) is 12.4. The number of urea groups is 1. The smallest absolute Gasteiger partial charge is 0.325 e. The molecular weight excluding hydrogens is 330 g/mol. The van der Waals surface area contributed by atoms with Crippen molar-refractivity contribution in [2.75, 3.05) is 19.6 Å². The van der Waals surface area contributed by atoms with E-state index in [1.165, 1.54) is 0 Å². The van der Waals surface area contributed by atoms with Crippen LogP contribution in [0.4, 0.5) is 4.79 Å². The second kappa shape index (κ2) is 6.11. The van der Waals surface area contributed by atoms with Crippen molar-refractivity contribution in [2.24, 2.45) is 11.8 Å². The fourth-order valence-corrected chi connectivity index (χ4v) is 4.84. The van der Waals surface area contributed by atoms with Gasteiger partial charge >= 0.3 is 6.03 Å². The molecule has 2 fully saturated rings. The number of carbonyl (C=O) groups excluding carboxylic acids is 3. The second-order valence-electron chi connectivity index (χ2n) is 8.13. The number of carbonyl (C=O) groups is 3. The van der Waals surface area contributed by atoms with Gasteiger partial charge in [-0.25, -0.2) is 4.79 Å². The van der Waals surface area contributed by atoms with Gasteiger partial charge in [0.15, 0.2) is 0 Å². The van der Waals surface area contributed by atoms with Gasteiger partial charge < -0.3 is 10.2 Å². The molecule has 0 bridgehead atoms. The van der Waals surface area contributed by atoms with Gasteiger partial charge in [-0.05, 0) is 42.2 Å². The molecule has 2 saturated heterocycles. The van der Waals surface area contributed by atoms with E-state index < -0.39 is 11.6 Å². The van der Waals surface area contributed by atoms with Crippen molar-refractivity contribution in [3.8, 4) is 0 Å². The molecule has 6 heteroatoms. The Balaban J connectivity index is 1.53. The van der Waals surface area contributed by atoms with Gasteiger partial charge in [-0.1, -0.05) is 38.1 Å². The average Bonchev–Trinajstić information content (AvgIpc) is 3.08. The number of nitrogens with zero attached hydrogens (tertiary/aromatic N) is 2. The highest BCUT2D eigenvalue weighted by atomic mass is 16.2. The largest absolute Gasteiger partial charge is 0.341 e. The Kier molecular flexibility index (Phi) is 4.01. The molecule has 0 radical (unpaired) electrons. The molecule has 2 aliphatic heterocycles. The minimum absolute atomic E-state index is 0.143. The lowest BCUT2D eigenvalue weighted by atomic mass is 9.91. The van der Waals surface area contributed by atoms with E-state index in [1.54, 1.807) is 4.90 Å². The van der Waals surface area contributed by atoms with Gasteiger partial charge in [0.05, 0.1) is 0 Å². The molecule has 3 aliphatic rings. The van der Waals surface area contributed by atoms with E-state index in [-0.39, 0.29) is 18.4 Å². The molecule has 4 rings (SSSR count). The van der Waals surface area contributed by atoms with Crippen LogP contribution >= 0.6 is 0 Å². The first-order valence-corrected chi connectivity index (χ1v) is 9.41. The molecule has 6 nitrogen and oxygen atoms in total. The monoisotopic (exact) mass is 355 g/mol. The molecule has 1 spiro atoms. The maximum Gasteiger partial charge on any atom is 0.325 e. The van der Waals surface area contributed by atoms with E-state index in [2.05, 4.69) is 19.2 Å². The van der Waals surface area contributed by atoms with Crippen molar-refractivity contribution in [2.45, 2.75) is 38.6 Å². The summed E-state index contributed by atoms with van der Waals surface area (Å²) in [7, 11) is 0. The Morgan fingerprint density at radius 1 is 1.19 bits per heavy atom. The van der Waals surface area contributed by atoms with Crippen LogP contribution < -0.4 is 5.32 Å². The fourth-order valence-electron chi connectivity index (χ4n) is 4.84. The Bertz CT molecular complexity index is 767. The van der Waals surface area contributed by atoms with Crippen molar-refractivity contribution in [1.29, 1.82) is 0 Å². The number of nitrogens with one attached hydrogen (secondary N) is 1. The van der Waals surface area contributed by atoms with Gasteiger partial charge in [-0.3, -0.25) is 14.5 Å². The SMILES string of the molecule is C[C@@H]1C[C@H](C)CN(C(=O)CN2C(=O)N[C@]3(CCc4ccccc43)C2=O)C1. The van der Waals surface area contributed by atoms with Gasteiger partial charge in [0, 0.05) is 13.1 Å². The van der Waals surface area contributed by atoms with Gasteiger partial charge in [-0.15, -0.1) is 0 Å². The van der Waals surface area contributed by atoms with Crippen molar-refractivity contribution >= 4 is 17.8 Å². The maximum atomic E-state index is 13.1. The second-order valence-corrected chi connectivity index (χ2v) is 8.13. The summed E-state index contributed by atoms with van der Waals surface area (Å²) in [6.07, 6.45) is 2.41. The third-order valence-electron chi connectivity index (χ3n) is 5.94. The van der Waals surface area contributed by atoms with Crippen LogP contribution in [0.15, 0.2) is 24.3 Å². The third-order valence-corrected chi connectivity index (χ3v) is 5.94. The Hall–Kier alpha value is -2.37. The highest BCUT2D eigenvalue weighted by Crippen LogP contribution is 2.41. The number of piperidine rings is 1. The lowest BCUT2D eigenvalue weighted by Crippen LogP contribution is -2.48. The lowest BCUT2D eigenvalue weighted by Gasteiger charge is -2.35. The standard InChI is InChI=1S/C20H25N3O3/c1-13-9-14(2)11-22(10-13)17(24)12-23-18(25)20(21-19(23)26)8-7-15-5-3-4-6-16(15)20/h3-6,13-14H,7-12H2,1-2H3,(H,21,26)/t13-,14+,20-/m0/s1. The third kappa shape index (κ3) is 2.59. The maximum absolute atomic E-state index is 13.1. The number of amides is 4. The predicted octanol–water partition coefficient (Wildman–Crippen LogP) is 1.88. The van der Waals surface area contributed by atoms with Gasteiger partial charge in [0.1, 0.15) is 12.1 Å². The van der Waals surface area contributed by atoms with E-state index in [9.17, 15) is 14.4 Å². The summed E-state index contributed by atoms with van der Waals surface area (Å²) < 4.78 is 0. The Labute approximate surface area is 153 Å². The molecule has 1 aromatic rings. The van der Waals surface area contributed by atoms with Crippen molar-refractivity contribution in [1.82, 2.24) is 15.1 Å². The molecule has 1 aliphatic carbocycles. The molecule has 2 heterocycles. The normalized spacial score (nSPS) is 30.7. The number of hydrogen-bond donors (Lipinski definition) is 1. The van der Waals surface area contributed by atoms with Crippen LogP contribution in [-0.4, -0.2) is 47.3 Å². The van der Waals surface area contributed by atoms with Crippen molar-refractivity contribution < 1.29 is 14.4 Å². The molecule has 0 aromatic heterocycles. The van der Waals surface area contributed by atoms with Crippen molar-refractivity contribution in [3.63, 3.8) is 0 Å². The lowest BCUT2D eigenvalue weighted by molar-refractivity contribution is -0.140. The van der Waals surface area contributed by atoms with Crippen LogP contribution in [-0.2, 0) is 21.5 Å². The van der Waals surface area contributed by atoms with E-state index in [0.29, 0.717) is 31.3 Å². The molecule has 1 aromatic carbocycles. The zero-order valence-electron chi connectivity index (χ0n) is 15.3. The number of fused-ring (bicyclic) bond motifs is 2. The first-order valence-electron chi connectivity index (χ1n) is 9.41. The van der Waals surface area contributed by atoms with Crippen LogP contribution in [0.1, 0.15) is 37.8 Å². The summed E-state index contributed by atoms with van der Waals surface area (Å²) in [4.78, 5) is 41.3. The summed E-state index contributed by atoms with van der Waals surface area (Å²) in [5.74, 6) is 0.451. The summed E-state index contributed by atoms with van der Waals surface area (Å²) in [5.41, 5.74) is 0.970. The minimum atomic E-state index is -0.990. The molecule has 1 N–H and O–H groups in total. The summed E-state index contributed by atoms with van der Waals surface area (Å²) in [6, 6.07) is 7.26. The summed E-state index contributed by atoms with van der Waals surface area (Å²) >= 11 is 0. The van der Waals surface area contributed by atoms with Crippen LogP contribution in [0.2, 0.25) is 0 Å².